The Morgan fingerprint density at radius 2 is 1.55 bits per heavy atom. The van der Waals surface area contributed by atoms with Crippen LogP contribution in [0.4, 0.5) is 0 Å². The summed E-state index contributed by atoms with van der Waals surface area (Å²) in [5.74, 6) is -0.301. The molecule has 0 amide bonds. The molecule has 6 rings (SSSR count). The molecule has 3 heteroatoms. The second kappa shape index (κ2) is 7.72. The van der Waals surface area contributed by atoms with Crippen LogP contribution in [0.3, 0.4) is 0 Å². The number of hydrogen-bond acceptors (Lipinski definition) is 3. The van der Waals surface area contributed by atoms with Crippen molar-refractivity contribution in [3.8, 4) is 22.4 Å². The van der Waals surface area contributed by atoms with Gasteiger partial charge in [-0.2, -0.15) is 0 Å². The van der Waals surface area contributed by atoms with Gasteiger partial charge in [0, 0.05) is 11.8 Å². The van der Waals surface area contributed by atoms with Crippen molar-refractivity contribution in [3.05, 3.63) is 103 Å². The van der Waals surface area contributed by atoms with Gasteiger partial charge in [0.15, 0.2) is 0 Å². The second-order valence-electron chi connectivity index (χ2n) is 8.17. The second-order valence-corrected chi connectivity index (χ2v) is 8.17. The highest BCUT2D eigenvalue weighted by atomic mass is 16.5. The molecular formula is C30H21NO2. The van der Waals surface area contributed by atoms with Gasteiger partial charge in [0.25, 0.3) is 0 Å². The normalized spacial score (nSPS) is 11.4. The summed E-state index contributed by atoms with van der Waals surface area (Å²) in [5, 5.41) is 7.40. The van der Waals surface area contributed by atoms with Gasteiger partial charge in [0.05, 0.1) is 17.9 Å². The number of rotatable bonds is 4. The monoisotopic (exact) mass is 427 g/mol. The van der Waals surface area contributed by atoms with E-state index in [-0.39, 0.29) is 5.97 Å². The van der Waals surface area contributed by atoms with E-state index in [0.717, 1.165) is 22.4 Å². The summed E-state index contributed by atoms with van der Waals surface area (Å²) >= 11 is 0. The third-order valence-electron chi connectivity index (χ3n) is 6.28. The first kappa shape index (κ1) is 19.4. The van der Waals surface area contributed by atoms with E-state index in [2.05, 4.69) is 54.6 Å². The minimum Gasteiger partial charge on any atom is -0.462 e. The number of carbonyl (C=O) groups is 1. The Kier molecular flexibility index (Phi) is 4.55. The molecule has 0 N–H and O–H groups in total. The number of ether oxygens (including phenoxy) is 1. The van der Waals surface area contributed by atoms with Crippen LogP contribution >= 0.6 is 0 Å². The fourth-order valence-corrected chi connectivity index (χ4v) is 4.83. The molecule has 0 aliphatic rings. The Morgan fingerprint density at radius 1 is 0.788 bits per heavy atom. The molecule has 0 saturated carbocycles. The van der Waals surface area contributed by atoms with Crippen LogP contribution in [0.5, 0.6) is 0 Å². The molecule has 5 aromatic carbocycles. The van der Waals surface area contributed by atoms with Gasteiger partial charge in [-0.25, -0.2) is 4.79 Å². The van der Waals surface area contributed by atoms with Crippen molar-refractivity contribution in [2.24, 2.45) is 0 Å². The lowest BCUT2D eigenvalue weighted by molar-refractivity contribution is 0.0526. The lowest BCUT2D eigenvalue weighted by Gasteiger charge is -2.18. The Morgan fingerprint density at radius 3 is 2.27 bits per heavy atom. The Balaban J connectivity index is 1.67. The third-order valence-corrected chi connectivity index (χ3v) is 6.28. The van der Waals surface area contributed by atoms with Crippen LogP contribution in [0, 0.1) is 0 Å². The van der Waals surface area contributed by atoms with Crippen LogP contribution in [0.25, 0.3) is 54.7 Å². The number of esters is 1. The van der Waals surface area contributed by atoms with Crippen molar-refractivity contribution in [1.82, 2.24) is 4.98 Å². The lowest BCUT2D eigenvalue weighted by atomic mass is 9.86. The van der Waals surface area contributed by atoms with Gasteiger partial charge in [-0.3, -0.25) is 4.98 Å². The van der Waals surface area contributed by atoms with Gasteiger partial charge < -0.3 is 4.74 Å². The van der Waals surface area contributed by atoms with Gasteiger partial charge in [0.2, 0.25) is 0 Å². The number of hydrogen-bond donors (Lipinski definition) is 0. The topological polar surface area (TPSA) is 39.2 Å². The molecule has 0 aliphatic carbocycles. The molecule has 6 aromatic rings. The van der Waals surface area contributed by atoms with Gasteiger partial charge in [0.1, 0.15) is 0 Å². The minimum atomic E-state index is -0.301. The zero-order valence-corrected chi connectivity index (χ0v) is 18.2. The van der Waals surface area contributed by atoms with E-state index in [4.69, 9.17) is 9.72 Å². The number of nitrogens with zero attached hydrogens (tertiary/aromatic N) is 1. The maximum Gasteiger partial charge on any atom is 0.338 e. The van der Waals surface area contributed by atoms with E-state index in [1.54, 1.807) is 0 Å². The van der Waals surface area contributed by atoms with Crippen molar-refractivity contribution in [1.29, 1.82) is 0 Å². The van der Waals surface area contributed by atoms with E-state index >= 15 is 0 Å². The SMILES string of the molecule is CCOC(=O)c1ccc(-c2cc3ccc4cccc5ccc(c2-c2ccccn2)c3c45)cc1. The van der Waals surface area contributed by atoms with Crippen molar-refractivity contribution in [2.75, 3.05) is 6.61 Å². The first-order chi connectivity index (χ1) is 16.2. The van der Waals surface area contributed by atoms with E-state index in [1.165, 1.54) is 32.3 Å². The molecule has 0 saturated heterocycles. The van der Waals surface area contributed by atoms with Crippen LogP contribution in [-0.2, 0) is 4.74 Å². The molecule has 0 atom stereocenters. The average Bonchev–Trinajstić information content (AvgIpc) is 2.87. The zero-order chi connectivity index (χ0) is 22.4. The highest BCUT2D eigenvalue weighted by Gasteiger charge is 2.18. The fraction of sp³-hybridized carbons (Fsp3) is 0.0667. The molecule has 0 spiro atoms. The summed E-state index contributed by atoms with van der Waals surface area (Å²) < 4.78 is 5.15. The van der Waals surface area contributed by atoms with Crippen molar-refractivity contribution in [2.45, 2.75) is 6.92 Å². The van der Waals surface area contributed by atoms with Crippen LogP contribution < -0.4 is 0 Å². The van der Waals surface area contributed by atoms with E-state index in [9.17, 15) is 4.79 Å². The largest absolute Gasteiger partial charge is 0.462 e. The molecule has 0 fully saturated rings. The Bertz CT molecular complexity index is 1600. The number of benzene rings is 5. The van der Waals surface area contributed by atoms with Crippen molar-refractivity contribution in [3.63, 3.8) is 0 Å². The molecule has 33 heavy (non-hydrogen) atoms. The molecular weight excluding hydrogens is 406 g/mol. The molecule has 0 radical (unpaired) electrons. The molecule has 1 aromatic heterocycles. The third kappa shape index (κ3) is 3.13. The van der Waals surface area contributed by atoms with Crippen LogP contribution in [0.2, 0.25) is 0 Å². The van der Waals surface area contributed by atoms with Gasteiger partial charge in [-0.1, -0.05) is 60.7 Å². The molecule has 0 bridgehead atoms. The first-order valence-corrected chi connectivity index (χ1v) is 11.1. The first-order valence-electron chi connectivity index (χ1n) is 11.1. The van der Waals surface area contributed by atoms with Gasteiger partial charge in [-0.05, 0) is 80.7 Å². The van der Waals surface area contributed by atoms with Crippen LogP contribution in [0.15, 0.2) is 97.2 Å². The summed E-state index contributed by atoms with van der Waals surface area (Å²) in [5.41, 5.74) is 4.71. The minimum absolute atomic E-state index is 0.301. The van der Waals surface area contributed by atoms with Crippen molar-refractivity contribution < 1.29 is 9.53 Å². The number of carbonyl (C=O) groups excluding carboxylic acids is 1. The maximum absolute atomic E-state index is 12.1. The smallest absolute Gasteiger partial charge is 0.338 e. The fourth-order valence-electron chi connectivity index (χ4n) is 4.83. The Hall–Kier alpha value is -4.24. The van der Waals surface area contributed by atoms with Gasteiger partial charge in [-0.15, -0.1) is 0 Å². The predicted molar refractivity (Wildman–Crippen MR) is 135 cm³/mol. The summed E-state index contributed by atoms with van der Waals surface area (Å²) in [6.45, 7) is 2.18. The molecule has 0 aliphatic heterocycles. The summed E-state index contributed by atoms with van der Waals surface area (Å²) in [7, 11) is 0. The Labute approximate surface area is 191 Å². The molecule has 0 unspecified atom stereocenters. The highest BCUT2D eigenvalue weighted by Crippen LogP contribution is 2.44. The predicted octanol–water partition coefficient (Wildman–Crippen LogP) is 7.49. The summed E-state index contributed by atoms with van der Waals surface area (Å²) in [6.07, 6.45) is 1.83. The maximum atomic E-state index is 12.1. The standard InChI is InChI=1S/C30H21NO2/c1-2-33-30(32)22-12-9-19(10-13-22)25-18-23-14-11-20-6-5-7-21-15-16-24(28(23)27(20)21)29(25)26-8-3-4-17-31-26/h3-18H,2H2,1H3. The molecule has 3 nitrogen and oxygen atoms in total. The van der Waals surface area contributed by atoms with E-state index in [1.807, 2.05) is 49.5 Å². The summed E-state index contributed by atoms with van der Waals surface area (Å²) in [6, 6.07) is 31.2. The van der Waals surface area contributed by atoms with E-state index in [0.29, 0.717) is 12.2 Å². The van der Waals surface area contributed by atoms with Crippen molar-refractivity contribution >= 4 is 38.3 Å². The number of aromatic nitrogens is 1. The lowest BCUT2D eigenvalue weighted by Crippen LogP contribution is -2.04. The zero-order valence-electron chi connectivity index (χ0n) is 18.2. The quantitative estimate of drug-likeness (QED) is 0.216. The summed E-state index contributed by atoms with van der Waals surface area (Å²) in [4.78, 5) is 16.9. The molecule has 1 heterocycles. The van der Waals surface area contributed by atoms with E-state index < -0.39 is 0 Å². The highest BCUT2D eigenvalue weighted by molar-refractivity contribution is 6.27. The van der Waals surface area contributed by atoms with Crippen LogP contribution in [-0.4, -0.2) is 17.6 Å². The molecule has 158 valence electrons. The van der Waals surface area contributed by atoms with Crippen LogP contribution in [0.1, 0.15) is 17.3 Å². The average molecular weight is 428 g/mol. The van der Waals surface area contributed by atoms with Gasteiger partial charge >= 0.3 is 5.97 Å². The number of pyridine rings is 1.